The standard InChI is InChI=1S/C25H44FN3O5Si3/c1-11-36(17(2)3)31-16-20-22(33-37(34-36,18(4)5)19(6)7)25(26,13-15-35(8,9)10)23(32-20)29-14-12-21(27)28-24(29)30/h12,14,17-20,22-23H,11,16H2,1-10H3,(H2,27,28,30)/t20-,22-,23-,25-,36?/m1/s1. The fraction of sp³-hybridized carbons (Fsp3) is 0.760. The summed E-state index contributed by atoms with van der Waals surface area (Å²) < 4.78 is 45.7. The molecule has 8 nitrogen and oxygen atoms in total. The van der Waals surface area contributed by atoms with Crippen molar-refractivity contribution in [2.75, 3.05) is 12.3 Å². The van der Waals surface area contributed by atoms with Crippen LogP contribution in [0.25, 0.3) is 0 Å². The van der Waals surface area contributed by atoms with Gasteiger partial charge in [-0.15, -0.1) is 5.54 Å². The van der Waals surface area contributed by atoms with E-state index in [4.69, 9.17) is 23.4 Å². The number of nitrogens with zero attached hydrogens (tertiary/aromatic N) is 2. The van der Waals surface area contributed by atoms with Crippen LogP contribution in [0.3, 0.4) is 0 Å². The summed E-state index contributed by atoms with van der Waals surface area (Å²) in [5.41, 5.74) is 6.04. The summed E-state index contributed by atoms with van der Waals surface area (Å²) in [5.74, 6) is 2.96. The molecule has 2 fully saturated rings. The zero-order valence-corrected chi connectivity index (χ0v) is 26.9. The third kappa shape index (κ3) is 5.68. The first kappa shape index (κ1) is 30.2. The smallest absolute Gasteiger partial charge is 0.351 e. The van der Waals surface area contributed by atoms with Gasteiger partial charge in [0.05, 0.1) is 6.61 Å². The molecule has 0 spiro atoms. The number of nitrogen functional groups attached to an aromatic ring is 1. The Labute approximate surface area is 223 Å². The molecule has 1 aromatic heterocycles. The second-order valence-corrected chi connectivity index (χ2v) is 25.5. The Kier molecular flexibility index (Phi) is 8.71. The Hall–Kier alpha value is -1.34. The number of ether oxygens (including phenoxy) is 1. The van der Waals surface area contributed by atoms with Crippen molar-refractivity contribution in [3.63, 3.8) is 0 Å². The van der Waals surface area contributed by atoms with E-state index in [0.717, 1.165) is 10.6 Å². The molecule has 37 heavy (non-hydrogen) atoms. The second kappa shape index (κ2) is 10.7. The second-order valence-electron chi connectivity index (χ2n) is 12.1. The van der Waals surface area contributed by atoms with E-state index in [0.29, 0.717) is 0 Å². The van der Waals surface area contributed by atoms with E-state index in [1.807, 2.05) is 19.6 Å². The summed E-state index contributed by atoms with van der Waals surface area (Å²) in [7, 11) is -7.86. The van der Waals surface area contributed by atoms with E-state index in [2.05, 4.69) is 64.9 Å². The van der Waals surface area contributed by atoms with Gasteiger partial charge in [0.25, 0.3) is 0 Å². The van der Waals surface area contributed by atoms with Crippen molar-refractivity contribution in [3.8, 4) is 11.5 Å². The Morgan fingerprint density at radius 2 is 1.84 bits per heavy atom. The SMILES string of the molecule is CC[Si]1(C(C)C)OC[C@H]2O[C@@H](n3ccc(N)nc3=O)[C@@](F)(C#C[Si](C)(C)C)[C@@H]2O[Si](C(C)C)(C(C)C)O1. The number of hydrogen-bond acceptors (Lipinski definition) is 7. The minimum absolute atomic E-state index is 0.0150. The molecule has 3 rings (SSSR count). The fourth-order valence-electron chi connectivity index (χ4n) is 5.11. The van der Waals surface area contributed by atoms with Gasteiger partial charge in [-0.2, -0.15) is 4.98 Å². The van der Waals surface area contributed by atoms with Gasteiger partial charge in [0.15, 0.2) is 6.23 Å². The van der Waals surface area contributed by atoms with Crippen LogP contribution in [-0.4, -0.2) is 59.2 Å². The highest BCUT2D eigenvalue weighted by molar-refractivity contribution is 6.84. The first-order valence-electron chi connectivity index (χ1n) is 13.3. The van der Waals surface area contributed by atoms with Crippen LogP contribution in [0.5, 0.6) is 0 Å². The van der Waals surface area contributed by atoms with Gasteiger partial charge in [0, 0.05) is 6.20 Å². The number of nitrogens with two attached hydrogens (primary N) is 1. The molecule has 0 aromatic carbocycles. The number of aromatic nitrogens is 2. The molecule has 3 heterocycles. The lowest BCUT2D eigenvalue weighted by Gasteiger charge is -2.50. The summed E-state index contributed by atoms with van der Waals surface area (Å²) >= 11 is 0. The monoisotopic (exact) mass is 569 g/mol. The van der Waals surface area contributed by atoms with Crippen molar-refractivity contribution < 1.29 is 22.1 Å². The van der Waals surface area contributed by atoms with E-state index in [1.165, 1.54) is 12.3 Å². The van der Waals surface area contributed by atoms with Crippen LogP contribution in [0.2, 0.25) is 42.3 Å². The summed E-state index contributed by atoms with van der Waals surface area (Å²) in [5, 5.41) is 0. The first-order valence-corrected chi connectivity index (χ1v) is 20.8. The molecule has 208 valence electrons. The average Bonchev–Trinajstić information content (AvgIpc) is 3.03. The van der Waals surface area contributed by atoms with E-state index in [1.54, 1.807) is 0 Å². The molecule has 5 atom stereocenters. The lowest BCUT2D eigenvalue weighted by atomic mass is 9.97. The molecule has 1 unspecified atom stereocenters. The molecule has 0 saturated carbocycles. The number of fused-ring (bicyclic) bond motifs is 1. The van der Waals surface area contributed by atoms with Gasteiger partial charge >= 0.3 is 22.8 Å². The van der Waals surface area contributed by atoms with Crippen LogP contribution in [0.15, 0.2) is 17.1 Å². The molecule has 12 heteroatoms. The summed E-state index contributed by atoms with van der Waals surface area (Å²) in [4.78, 5) is 16.7. The molecule has 0 radical (unpaired) electrons. The molecule has 2 aliphatic rings. The van der Waals surface area contributed by atoms with E-state index in [9.17, 15) is 4.79 Å². The third-order valence-corrected chi connectivity index (χ3v) is 18.0. The minimum atomic E-state index is -3.10. The maximum atomic E-state index is 17.5. The normalized spacial score (nSPS) is 32.1. The Balaban J connectivity index is 2.25. The van der Waals surface area contributed by atoms with Crippen LogP contribution in [0.1, 0.15) is 54.7 Å². The lowest BCUT2D eigenvalue weighted by Crippen LogP contribution is -2.65. The molecule has 2 aliphatic heterocycles. The summed E-state index contributed by atoms with van der Waals surface area (Å²) in [6.07, 6.45) is -1.83. The largest absolute Gasteiger partial charge is 0.414 e. The lowest BCUT2D eigenvalue weighted by molar-refractivity contribution is -0.0591. The molecule has 0 aliphatic carbocycles. The van der Waals surface area contributed by atoms with Crippen molar-refractivity contribution in [1.29, 1.82) is 0 Å². The van der Waals surface area contributed by atoms with Crippen molar-refractivity contribution in [2.45, 2.75) is 115 Å². The Morgan fingerprint density at radius 3 is 2.32 bits per heavy atom. The number of halogens is 1. The van der Waals surface area contributed by atoms with Crippen LogP contribution < -0.4 is 11.4 Å². The van der Waals surface area contributed by atoms with Crippen LogP contribution >= 0.6 is 0 Å². The highest BCUT2D eigenvalue weighted by Gasteiger charge is 2.66. The number of hydrogen-bond donors (Lipinski definition) is 1. The van der Waals surface area contributed by atoms with Crippen LogP contribution in [0.4, 0.5) is 10.2 Å². The summed E-state index contributed by atoms with van der Waals surface area (Å²) in [6, 6.07) is 2.19. The highest BCUT2D eigenvalue weighted by Crippen LogP contribution is 2.50. The minimum Gasteiger partial charge on any atom is -0.414 e. The Morgan fingerprint density at radius 1 is 1.22 bits per heavy atom. The third-order valence-electron chi connectivity index (χ3n) is 7.27. The molecule has 2 saturated heterocycles. The Bertz CT molecular complexity index is 1090. The molecular formula is C25H44FN3O5Si3. The number of anilines is 1. The van der Waals surface area contributed by atoms with E-state index >= 15 is 4.39 Å². The fourth-order valence-corrected chi connectivity index (χ4v) is 16.1. The van der Waals surface area contributed by atoms with E-state index in [-0.39, 0.29) is 29.0 Å². The molecular weight excluding hydrogens is 526 g/mol. The highest BCUT2D eigenvalue weighted by atomic mass is 28.5. The number of rotatable bonds is 5. The van der Waals surface area contributed by atoms with Gasteiger partial charge in [-0.25, -0.2) is 9.18 Å². The van der Waals surface area contributed by atoms with Gasteiger partial charge in [-0.3, -0.25) is 4.57 Å². The van der Waals surface area contributed by atoms with Crippen molar-refractivity contribution in [3.05, 3.63) is 22.7 Å². The van der Waals surface area contributed by atoms with Gasteiger partial charge in [0.1, 0.15) is 26.1 Å². The van der Waals surface area contributed by atoms with Gasteiger partial charge in [-0.1, -0.05) is 74.0 Å². The zero-order valence-electron chi connectivity index (χ0n) is 23.9. The molecule has 0 amide bonds. The van der Waals surface area contributed by atoms with Gasteiger partial charge < -0.3 is 23.4 Å². The van der Waals surface area contributed by atoms with Crippen molar-refractivity contribution in [2.24, 2.45) is 0 Å². The average molecular weight is 570 g/mol. The van der Waals surface area contributed by atoms with Crippen LogP contribution in [0, 0.1) is 11.5 Å². The van der Waals surface area contributed by atoms with Gasteiger partial charge in [-0.05, 0) is 28.7 Å². The quantitative estimate of drug-likeness (QED) is 0.399. The first-order chi connectivity index (χ1) is 17.0. The molecule has 0 bridgehead atoms. The molecule has 1 aromatic rings. The topological polar surface area (TPSA) is 97.8 Å². The number of alkyl halides is 1. The maximum absolute atomic E-state index is 17.5. The zero-order chi connectivity index (χ0) is 28.0. The molecule has 2 N–H and O–H groups in total. The van der Waals surface area contributed by atoms with E-state index < -0.39 is 55.0 Å². The maximum Gasteiger partial charge on any atom is 0.351 e. The van der Waals surface area contributed by atoms with Crippen molar-refractivity contribution >= 4 is 31.0 Å². The summed E-state index contributed by atoms with van der Waals surface area (Å²) in [6.45, 7) is 20.8. The predicted octanol–water partition coefficient (Wildman–Crippen LogP) is 4.88. The van der Waals surface area contributed by atoms with Crippen molar-refractivity contribution in [1.82, 2.24) is 9.55 Å². The van der Waals surface area contributed by atoms with Crippen LogP contribution in [-0.2, 0) is 17.7 Å². The predicted molar refractivity (Wildman–Crippen MR) is 151 cm³/mol. The van der Waals surface area contributed by atoms with Gasteiger partial charge in [0.2, 0.25) is 5.67 Å².